The fourth-order valence-electron chi connectivity index (χ4n) is 1.87. The van der Waals surface area contributed by atoms with Crippen molar-refractivity contribution in [2.24, 2.45) is 0 Å². The predicted octanol–water partition coefficient (Wildman–Crippen LogP) is 2.51. The smallest absolute Gasteiger partial charge is 0.251 e. The number of H-pyrrole nitrogens is 1. The number of benzene rings is 1. The molecule has 2 N–H and O–H groups in total. The lowest BCUT2D eigenvalue weighted by Crippen LogP contribution is -2.26. The van der Waals surface area contributed by atoms with Gasteiger partial charge in [-0.2, -0.15) is 5.10 Å². The highest BCUT2D eigenvalue weighted by Crippen LogP contribution is 2.17. The zero-order chi connectivity index (χ0) is 13.2. The van der Waals surface area contributed by atoms with Crippen molar-refractivity contribution >= 4 is 28.1 Å². The van der Waals surface area contributed by atoms with Crippen LogP contribution in [0.4, 0.5) is 0 Å². The fraction of sp³-hybridized carbons (Fsp3) is 0.154. The molecule has 6 heteroatoms. The molecule has 0 radical (unpaired) electrons. The summed E-state index contributed by atoms with van der Waals surface area (Å²) in [6.45, 7) is 1.92. The Labute approximate surface area is 113 Å². The van der Waals surface area contributed by atoms with Crippen molar-refractivity contribution in [3.8, 4) is 0 Å². The Kier molecular flexibility index (Phi) is 3.00. The van der Waals surface area contributed by atoms with E-state index in [1.807, 2.05) is 18.4 Å². The minimum absolute atomic E-state index is 0.0926. The van der Waals surface area contributed by atoms with Gasteiger partial charge in [0.15, 0.2) is 0 Å². The van der Waals surface area contributed by atoms with Crippen molar-refractivity contribution in [3.63, 3.8) is 0 Å². The second kappa shape index (κ2) is 4.81. The summed E-state index contributed by atoms with van der Waals surface area (Å²) in [6.07, 6.45) is 3.47. The van der Waals surface area contributed by atoms with E-state index in [1.54, 1.807) is 24.5 Å². The Balaban J connectivity index is 1.79. The van der Waals surface area contributed by atoms with Crippen LogP contribution in [0.15, 0.2) is 36.0 Å². The van der Waals surface area contributed by atoms with Crippen LogP contribution in [-0.2, 0) is 0 Å². The summed E-state index contributed by atoms with van der Waals surface area (Å²) >= 11 is 1.53. The van der Waals surface area contributed by atoms with E-state index < -0.39 is 0 Å². The lowest BCUT2D eigenvalue weighted by molar-refractivity contribution is 0.0940. The number of amides is 1. The molecule has 3 aromatic rings. The third kappa shape index (κ3) is 2.34. The van der Waals surface area contributed by atoms with Crippen LogP contribution in [0.5, 0.6) is 0 Å². The summed E-state index contributed by atoms with van der Waals surface area (Å²) in [7, 11) is 0. The van der Waals surface area contributed by atoms with Crippen molar-refractivity contribution in [3.05, 3.63) is 46.5 Å². The number of nitrogens with zero attached hydrogens (tertiary/aromatic N) is 2. The highest BCUT2D eigenvalue weighted by atomic mass is 32.1. The maximum atomic E-state index is 12.1. The van der Waals surface area contributed by atoms with Crippen molar-refractivity contribution < 1.29 is 4.79 Å². The Hall–Kier alpha value is -2.21. The van der Waals surface area contributed by atoms with Crippen LogP contribution in [0.25, 0.3) is 10.9 Å². The van der Waals surface area contributed by atoms with Crippen LogP contribution in [-0.4, -0.2) is 21.1 Å². The first-order chi connectivity index (χ1) is 9.24. The first-order valence-corrected chi connectivity index (χ1v) is 6.75. The number of fused-ring (bicyclic) bond motifs is 1. The van der Waals surface area contributed by atoms with Gasteiger partial charge in [-0.3, -0.25) is 9.89 Å². The number of aromatic amines is 1. The molecule has 1 unspecified atom stereocenters. The largest absolute Gasteiger partial charge is 0.343 e. The number of rotatable bonds is 3. The van der Waals surface area contributed by atoms with Crippen LogP contribution in [0, 0.1) is 0 Å². The van der Waals surface area contributed by atoms with Gasteiger partial charge in [0.25, 0.3) is 5.91 Å². The summed E-state index contributed by atoms with van der Waals surface area (Å²) in [5, 5.41) is 13.5. The van der Waals surface area contributed by atoms with Gasteiger partial charge in [0.05, 0.1) is 17.8 Å². The molecule has 2 heterocycles. The molecule has 1 atom stereocenters. The third-order valence-corrected chi connectivity index (χ3v) is 3.83. The van der Waals surface area contributed by atoms with E-state index >= 15 is 0 Å². The zero-order valence-electron chi connectivity index (χ0n) is 10.3. The van der Waals surface area contributed by atoms with Crippen LogP contribution >= 0.6 is 11.3 Å². The maximum absolute atomic E-state index is 12.1. The van der Waals surface area contributed by atoms with Gasteiger partial charge in [-0.1, -0.05) is 6.07 Å². The number of thiazole rings is 1. The van der Waals surface area contributed by atoms with Gasteiger partial charge < -0.3 is 5.32 Å². The minimum Gasteiger partial charge on any atom is -0.343 e. The summed E-state index contributed by atoms with van der Waals surface area (Å²) < 4.78 is 0. The number of hydrogen-bond donors (Lipinski definition) is 2. The Morgan fingerprint density at radius 3 is 3.16 bits per heavy atom. The van der Waals surface area contributed by atoms with Gasteiger partial charge in [-0.25, -0.2) is 4.98 Å². The molecule has 19 heavy (non-hydrogen) atoms. The monoisotopic (exact) mass is 272 g/mol. The molecular weight excluding hydrogens is 260 g/mol. The number of nitrogens with one attached hydrogen (secondary N) is 2. The summed E-state index contributed by atoms with van der Waals surface area (Å²) in [5.41, 5.74) is 1.47. The van der Waals surface area contributed by atoms with E-state index in [0.717, 1.165) is 15.9 Å². The van der Waals surface area contributed by atoms with Crippen molar-refractivity contribution in [2.45, 2.75) is 13.0 Å². The average molecular weight is 272 g/mol. The quantitative estimate of drug-likeness (QED) is 0.769. The van der Waals surface area contributed by atoms with Crippen molar-refractivity contribution in [1.29, 1.82) is 0 Å². The molecule has 1 aromatic carbocycles. The standard InChI is InChI=1S/C13H12N4OS/c1-8(13-14-4-5-19-13)16-12(18)9-2-3-10-7-15-17-11(10)6-9/h2-8H,1H3,(H,15,17)(H,16,18). The Bertz CT molecular complexity index is 704. The summed E-state index contributed by atoms with van der Waals surface area (Å²) in [6, 6.07) is 5.38. The summed E-state index contributed by atoms with van der Waals surface area (Å²) in [5.74, 6) is -0.112. The van der Waals surface area contributed by atoms with Crippen LogP contribution in [0.2, 0.25) is 0 Å². The molecule has 0 saturated heterocycles. The van der Waals surface area contributed by atoms with Gasteiger partial charge in [0.2, 0.25) is 0 Å². The van der Waals surface area contributed by atoms with Gasteiger partial charge in [0, 0.05) is 22.5 Å². The lowest BCUT2D eigenvalue weighted by atomic mass is 10.1. The zero-order valence-corrected chi connectivity index (χ0v) is 11.1. The van der Waals surface area contributed by atoms with E-state index in [2.05, 4.69) is 20.5 Å². The van der Waals surface area contributed by atoms with Crippen LogP contribution in [0.1, 0.15) is 28.3 Å². The Morgan fingerprint density at radius 1 is 1.47 bits per heavy atom. The fourth-order valence-corrected chi connectivity index (χ4v) is 2.51. The van der Waals surface area contributed by atoms with E-state index in [-0.39, 0.29) is 11.9 Å². The number of carbonyl (C=O) groups excluding carboxylic acids is 1. The molecule has 3 rings (SSSR count). The second-order valence-corrected chi connectivity index (χ2v) is 5.16. The van der Waals surface area contributed by atoms with E-state index in [0.29, 0.717) is 5.56 Å². The van der Waals surface area contributed by atoms with Crippen molar-refractivity contribution in [1.82, 2.24) is 20.5 Å². The predicted molar refractivity (Wildman–Crippen MR) is 74.1 cm³/mol. The van der Waals surface area contributed by atoms with Gasteiger partial charge >= 0.3 is 0 Å². The van der Waals surface area contributed by atoms with E-state index in [9.17, 15) is 4.79 Å². The third-order valence-electron chi connectivity index (χ3n) is 2.87. The summed E-state index contributed by atoms with van der Waals surface area (Å²) in [4.78, 5) is 16.3. The van der Waals surface area contributed by atoms with Gasteiger partial charge in [-0.15, -0.1) is 11.3 Å². The molecule has 0 aliphatic heterocycles. The molecule has 1 amide bonds. The topological polar surface area (TPSA) is 70.7 Å². The molecule has 96 valence electrons. The number of hydrogen-bond acceptors (Lipinski definition) is 4. The molecule has 0 fully saturated rings. The molecule has 0 spiro atoms. The molecular formula is C13H12N4OS. The molecule has 0 aliphatic rings. The number of aromatic nitrogens is 3. The minimum atomic E-state index is -0.112. The van der Waals surface area contributed by atoms with Gasteiger partial charge in [0.1, 0.15) is 5.01 Å². The maximum Gasteiger partial charge on any atom is 0.251 e. The van der Waals surface area contributed by atoms with E-state index in [4.69, 9.17) is 0 Å². The van der Waals surface area contributed by atoms with E-state index in [1.165, 1.54) is 11.3 Å². The average Bonchev–Trinajstić information content (AvgIpc) is 3.09. The molecule has 2 aromatic heterocycles. The molecule has 0 bridgehead atoms. The molecule has 0 aliphatic carbocycles. The van der Waals surface area contributed by atoms with Crippen LogP contribution < -0.4 is 5.32 Å². The second-order valence-electron chi connectivity index (χ2n) is 4.24. The Morgan fingerprint density at radius 2 is 2.37 bits per heavy atom. The highest BCUT2D eigenvalue weighted by molar-refractivity contribution is 7.09. The first kappa shape index (κ1) is 11.9. The molecule has 5 nitrogen and oxygen atoms in total. The first-order valence-electron chi connectivity index (χ1n) is 5.87. The normalized spacial score (nSPS) is 12.5. The van der Waals surface area contributed by atoms with Crippen LogP contribution in [0.3, 0.4) is 0 Å². The van der Waals surface area contributed by atoms with Gasteiger partial charge in [-0.05, 0) is 19.1 Å². The molecule has 0 saturated carbocycles. The van der Waals surface area contributed by atoms with Crippen molar-refractivity contribution in [2.75, 3.05) is 0 Å². The lowest BCUT2D eigenvalue weighted by Gasteiger charge is -2.11. The highest BCUT2D eigenvalue weighted by Gasteiger charge is 2.13. The number of carbonyl (C=O) groups is 1. The SMILES string of the molecule is CC(NC(=O)c1ccc2cn[nH]c2c1)c1nccs1.